The second-order valence-electron chi connectivity index (χ2n) is 4.49. The van der Waals surface area contributed by atoms with Crippen molar-refractivity contribution in [2.24, 2.45) is 5.73 Å². The van der Waals surface area contributed by atoms with Crippen LogP contribution in [0.15, 0.2) is 30.3 Å². The maximum atomic E-state index is 11.5. The maximum absolute atomic E-state index is 11.5. The van der Waals surface area contributed by atoms with E-state index in [-0.39, 0.29) is 5.91 Å². The van der Waals surface area contributed by atoms with Gasteiger partial charge in [0.15, 0.2) is 0 Å². The number of nitrogens with zero attached hydrogens (tertiary/aromatic N) is 1. The Morgan fingerprint density at radius 1 is 1.29 bits per heavy atom. The summed E-state index contributed by atoms with van der Waals surface area (Å²) in [4.78, 5) is 13.2. The fraction of sp³-hybridized carbons (Fsp3) is 0.500. The highest BCUT2D eigenvalue weighted by Gasteiger charge is 2.12. The van der Waals surface area contributed by atoms with Gasteiger partial charge in [-0.2, -0.15) is 0 Å². The smallest absolute Gasteiger partial charge is 0.238 e. The lowest BCUT2D eigenvalue weighted by Gasteiger charge is -2.19. The van der Waals surface area contributed by atoms with Gasteiger partial charge in [0.25, 0.3) is 0 Å². The maximum Gasteiger partial charge on any atom is 0.238 e. The molecule has 94 valence electrons. The number of benzene rings is 1. The van der Waals surface area contributed by atoms with E-state index in [0.717, 1.165) is 25.8 Å². The number of hydrogen-bond acceptors (Lipinski definition) is 2. The van der Waals surface area contributed by atoms with Gasteiger partial charge < -0.3 is 10.6 Å². The zero-order valence-corrected chi connectivity index (χ0v) is 10.7. The van der Waals surface area contributed by atoms with E-state index in [0.29, 0.717) is 0 Å². The molecule has 2 N–H and O–H groups in total. The molecule has 0 aliphatic carbocycles. The van der Waals surface area contributed by atoms with Gasteiger partial charge in [-0.05, 0) is 31.7 Å². The van der Waals surface area contributed by atoms with Gasteiger partial charge in [0, 0.05) is 13.6 Å². The minimum Gasteiger partial charge on any atom is -0.344 e. The van der Waals surface area contributed by atoms with Gasteiger partial charge in [0.2, 0.25) is 5.91 Å². The second-order valence-corrected chi connectivity index (χ2v) is 4.49. The first-order valence-electron chi connectivity index (χ1n) is 6.15. The molecular formula is C14H22N2O. The van der Waals surface area contributed by atoms with Crippen molar-refractivity contribution in [3.63, 3.8) is 0 Å². The summed E-state index contributed by atoms with van der Waals surface area (Å²) in [5, 5.41) is 0. The number of likely N-dealkylation sites (N-methyl/N-ethyl adjacent to an activating group) is 1. The molecule has 17 heavy (non-hydrogen) atoms. The Bertz CT molecular complexity index is 335. The van der Waals surface area contributed by atoms with E-state index in [1.807, 2.05) is 13.1 Å². The average Bonchev–Trinajstić information content (AvgIpc) is 2.34. The molecule has 1 atom stereocenters. The molecule has 0 fully saturated rings. The molecule has 1 amide bonds. The van der Waals surface area contributed by atoms with E-state index in [2.05, 4.69) is 24.3 Å². The molecule has 1 rings (SSSR count). The van der Waals surface area contributed by atoms with Gasteiger partial charge in [-0.15, -0.1) is 0 Å². The van der Waals surface area contributed by atoms with Crippen LogP contribution in [0.3, 0.4) is 0 Å². The van der Waals surface area contributed by atoms with Gasteiger partial charge >= 0.3 is 0 Å². The van der Waals surface area contributed by atoms with Crippen molar-refractivity contribution in [1.82, 2.24) is 4.90 Å². The molecule has 1 aromatic carbocycles. The Morgan fingerprint density at radius 3 is 2.53 bits per heavy atom. The predicted octanol–water partition coefficient (Wildman–Crippen LogP) is 1.81. The minimum atomic E-state index is -0.394. The van der Waals surface area contributed by atoms with Crippen LogP contribution >= 0.6 is 0 Å². The number of carbonyl (C=O) groups is 1. The summed E-state index contributed by atoms with van der Waals surface area (Å²) in [5.41, 5.74) is 6.90. The van der Waals surface area contributed by atoms with Crippen molar-refractivity contribution in [2.75, 3.05) is 13.6 Å². The van der Waals surface area contributed by atoms with Crippen molar-refractivity contribution < 1.29 is 4.79 Å². The number of carbonyl (C=O) groups excluding carboxylic acids is 1. The van der Waals surface area contributed by atoms with Crippen LogP contribution in [-0.2, 0) is 11.2 Å². The van der Waals surface area contributed by atoms with E-state index in [1.54, 1.807) is 11.8 Å². The van der Waals surface area contributed by atoms with Crippen LogP contribution in [0.25, 0.3) is 0 Å². The monoisotopic (exact) mass is 234 g/mol. The number of unbranched alkanes of at least 4 members (excludes halogenated alkanes) is 1. The molecule has 3 nitrogen and oxygen atoms in total. The van der Waals surface area contributed by atoms with Crippen molar-refractivity contribution in [3.05, 3.63) is 35.9 Å². The number of nitrogens with two attached hydrogens (primary N) is 1. The Morgan fingerprint density at radius 2 is 1.94 bits per heavy atom. The van der Waals surface area contributed by atoms with Gasteiger partial charge in [-0.3, -0.25) is 4.79 Å². The lowest BCUT2D eigenvalue weighted by molar-refractivity contribution is -0.130. The molecule has 0 aromatic heterocycles. The minimum absolute atomic E-state index is 0.0183. The van der Waals surface area contributed by atoms with Crippen LogP contribution in [0.1, 0.15) is 25.3 Å². The SMILES string of the molecule is CC(N)C(=O)N(C)CCCCc1ccccc1. The molecule has 0 saturated heterocycles. The molecule has 3 heteroatoms. The third-order valence-corrected chi connectivity index (χ3v) is 2.82. The number of amides is 1. The van der Waals surface area contributed by atoms with Crippen molar-refractivity contribution in [2.45, 2.75) is 32.2 Å². The summed E-state index contributed by atoms with van der Waals surface area (Å²) in [7, 11) is 1.81. The summed E-state index contributed by atoms with van der Waals surface area (Å²) in [6, 6.07) is 10.0. The summed E-state index contributed by atoms with van der Waals surface area (Å²) in [5.74, 6) is 0.0183. The summed E-state index contributed by atoms with van der Waals surface area (Å²) < 4.78 is 0. The van der Waals surface area contributed by atoms with Crippen molar-refractivity contribution >= 4 is 5.91 Å². The topological polar surface area (TPSA) is 46.3 Å². The third-order valence-electron chi connectivity index (χ3n) is 2.82. The highest BCUT2D eigenvalue weighted by atomic mass is 16.2. The molecular weight excluding hydrogens is 212 g/mol. The first-order chi connectivity index (χ1) is 8.11. The van der Waals surface area contributed by atoms with E-state index in [9.17, 15) is 4.79 Å². The van der Waals surface area contributed by atoms with E-state index in [4.69, 9.17) is 5.73 Å². The molecule has 0 spiro atoms. The Kier molecular flexibility index (Phi) is 5.70. The second kappa shape index (κ2) is 7.07. The Balaban J connectivity index is 2.18. The lowest BCUT2D eigenvalue weighted by atomic mass is 10.1. The Labute approximate surface area is 104 Å². The molecule has 1 unspecified atom stereocenters. The number of aryl methyl sites for hydroxylation is 1. The van der Waals surface area contributed by atoms with Crippen LogP contribution in [0.4, 0.5) is 0 Å². The zero-order chi connectivity index (χ0) is 12.7. The summed E-state index contributed by atoms with van der Waals surface area (Å²) in [6.07, 6.45) is 3.19. The molecule has 0 aliphatic heterocycles. The van der Waals surface area contributed by atoms with Crippen molar-refractivity contribution in [3.8, 4) is 0 Å². The summed E-state index contributed by atoms with van der Waals surface area (Å²) >= 11 is 0. The van der Waals surface area contributed by atoms with Crippen LogP contribution in [-0.4, -0.2) is 30.4 Å². The quantitative estimate of drug-likeness (QED) is 0.763. The highest BCUT2D eigenvalue weighted by molar-refractivity contribution is 5.80. The fourth-order valence-electron chi connectivity index (χ4n) is 1.78. The van der Waals surface area contributed by atoms with E-state index >= 15 is 0 Å². The number of hydrogen-bond donors (Lipinski definition) is 1. The summed E-state index contributed by atoms with van der Waals surface area (Å²) in [6.45, 7) is 2.51. The highest BCUT2D eigenvalue weighted by Crippen LogP contribution is 2.05. The molecule has 0 saturated carbocycles. The van der Waals surface area contributed by atoms with E-state index < -0.39 is 6.04 Å². The normalized spacial score (nSPS) is 12.2. The standard InChI is InChI=1S/C14H22N2O/c1-12(15)14(17)16(2)11-7-6-10-13-8-4-3-5-9-13/h3-5,8-9,12H,6-7,10-11,15H2,1-2H3. The predicted molar refractivity (Wildman–Crippen MR) is 70.7 cm³/mol. The average molecular weight is 234 g/mol. The van der Waals surface area contributed by atoms with Crippen LogP contribution in [0.2, 0.25) is 0 Å². The fourth-order valence-corrected chi connectivity index (χ4v) is 1.78. The van der Waals surface area contributed by atoms with Gasteiger partial charge in [-0.25, -0.2) is 0 Å². The zero-order valence-electron chi connectivity index (χ0n) is 10.7. The molecule has 0 heterocycles. The first-order valence-corrected chi connectivity index (χ1v) is 6.15. The molecule has 0 bridgehead atoms. The Hall–Kier alpha value is -1.35. The van der Waals surface area contributed by atoms with Gasteiger partial charge in [-0.1, -0.05) is 30.3 Å². The van der Waals surface area contributed by atoms with Crippen LogP contribution < -0.4 is 5.73 Å². The molecule has 0 radical (unpaired) electrons. The largest absolute Gasteiger partial charge is 0.344 e. The van der Waals surface area contributed by atoms with E-state index in [1.165, 1.54) is 5.56 Å². The third kappa shape index (κ3) is 5.00. The van der Waals surface area contributed by atoms with Gasteiger partial charge in [0.1, 0.15) is 0 Å². The van der Waals surface area contributed by atoms with Crippen molar-refractivity contribution in [1.29, 1.82) is 0 Å². The van der Waals surface area contributed by atoms with Gasteiger partial charge in [0.05, 0.1) is 6.04 Å². The first kappa shape index (κ1) is 13.7. The van der Waals surface area contributed by atoms with Crippen LogP contribution in [0.5, 0.6) is 0 Å². The number of rotatable bonds is 6. The lowest BCUT2D eigenvalue weighted by Crippen LogP contribution is -2.40. The molecule has 1 aromatic rings. The molecule has 0 aliphatic rings. The van der Waals surface area contributed by atoms with Crippen LogP contribution in [0, 0.1) is 0 Å².